The van der Waals surface area contributed by atoms with Gasteiger partial charge in [-0.15, -0.1) is 11.3 Å². The number of hydrogen-bond acceptors (Lipinski definition) is 5. The van der Waals surface area contributed by atoms with Crippen molar-refractivity contribution in [2.45, 2.75) is 31.2 Å². The van der Waals surface area contributed by atoms with E-state index in [9.17, 15) is 8.42 Å². The van der Waals surface area contributed by atoms with Crippen molar-refractivity contribution in [2.24, 2.45) is 5.14 Å². The molecular weight excluding hydrogens is 306 g/mol. The number of thiophene rings is 1. The highest BCUT2D eigenvalue weighted by Gasteiger charge is 2.16. The van der Waals surface area contributed by atoms with E-state index >= 15 is 0 Å². The van der Waals surface area contributed by atoms with Gasteiger partial charge in [0, 0.05) is 27.9 Å². The van der Waals surface area contributed by atoms with Crippen molar-refractivity contribution < 1.29 is 8.42 Å². The minimum Gasteiger partial charge on any atom is -0.399 e. The molecule has 0 saturated carbocycles. The van der Waals surface area contributed by atoms with Crippen LogP contribution in [-0.2, 0) is 16.4 Å². The first kappa shape index (κ1) is 15.8. The molecule has 0 amide bonds. The molecule has 0 spiro atoms. The fraction of sp³-hybridized carbons (Fsp3) is 0.286. The van der Waals surface area contributed by atoms with Crippen LogP contribution in [0.15, 0.2) is 35.2 Å². The third kappa shape index (κ3) is 4.20. The maximum Gasteiger partial charge on any atom is 0.240 e. The summed E-state index contributed by atoms with van der Waals surface area (Å²) in [6.45, 7) is 4.06. The second kappa shape index (κ2) is 6.05. The number of benzene rings is 1. The molecule has 0 fully saturated rings. The molecule has 114 valence electrons. The fourth-order valence-corrected chi connectivity index (χ4v) is 3.86. The van der Waals surface area contributed by atoms with Gasteiger partial charge in [0.05, 0.1) is 5.69 Å². The molecule has 1 aromatic heterocycles. The van der Waals surface area contributed by atoms with E-state index in [-0.39, 0.29) is 10.9 Å². The summed E-state index contributed by atoms with van der Waals surface area (Å²) in [5.74, 6) is 0. The Bertz CT molecular complexity index is 738. The van der Waals surface area contributed by atoms with Gasteiger partial charge in [-0.2, -0.15) is 0 Å². The minimum absolute atomic E-state index is 0.0247. The van der Waals surface area contributed by atoms with Gasteiger partial charge in [-0.1, -0.05) is 0 Å². The standard InChI is InChI=1S/C14H19N3O2S2/c1-9(7-12-5-3-10(2)20-12)17-13-6-4-11(15)8-14(13)21(16,18)19/h3-6,8-9,17H,7,15H2,1-2H3,(H2,16,18,19). The van der Waals surface area contributed by atoms with Crippen molar-refractivity contribution >= 4 is 32.7 Å². The van der Waals surface area contributed by atoms with Gasteiger partial charge in [-0.25, -0.2) is 13.6 Å². The molecule has 1 unspecified atom stereocenters. The van der Waals surface area contributed by atoms with E-state index in [0.717, 1.165) is 6.42 Å². The van der Waals surface area contributed by atoms with E-state index in [1.54, 1.807) is 23.5 Å². The first-order chi connectivity index (χ1) is 9.75. The van der Waals surface area contributed by atoms with Crippen LogP contribution in [0.4, 0.5) is 11.4 Å². The Labute approximate surface area is 129 Å². The summed E-state index contributed by atoms with van der Waals surface area (Å²) in [6.07, 6.45) is 0.812. The molecule has 21 heavy (non-hydrogen) atoms. The van der Waals surface area contributed by atoms with Crippen LogP contribution in [0.2, 0.25) is 0 Å². The van der Waals surface area contributed by atoms with Crippen LogP contribution in [-0.4, -0.2) is 14.5 Å². The van der Waals surface area contributed by atoms with Gasteiger partial charge in [0.2, 0.25) is 10.0 Å². The molecule has 1 heterocycles. The van der Waals surface area contributed by atoms with Crippen molar-refractivity contribution in [1.82, 2.24) is 0 Å². The lowest BCUT2D eigenvalue weighted by atomic mass is 10.2. The van der Waals surface area contributed by atoms with E-state index in [0.29, 0.717) is 11.4 Å². The van der Waals surface area contributed by atoms with Gasteiger partial charge in [0.25, 0.3) is 0 Å². The third-order valence-corrected chi connectivity index (χ3v) is 4.99. The normalized spacial score (nSPS) is 13.1. The number of nitrogens with two attached hydrogens (primary N) is 2. The smallest absolute Gasteiger partial charge is 0.240 e. The van der Waals surface area contributed by atoms with Crippen LogP contribution in [0.5, 0.6) is 0 Å². The maximum absolute atomic E-state index is 11.6. The molecule has 2 aromatic rings. The number of nitrogens with one attached hydrogen (secondary N) is 1. The average molecular weight is 325 g/mol. The fourth-order valence-electron chi connectivity index (χ4n) is 2.11. The van der Waals surface area contributed by atoms with Crippen molar-refractivity contribution in [3.63, 3.8) is 0 Å². The Morgan fingerprint density at radius 1 is 1.29 bits per heavy atom. The van der Waals surface area contributed by atoms with Crippen molar-refractivity contribution in [3.8, 4) is 0 Å². The lowest BCUT2D eigenvalue weighted by molar-refractivity contribution is 0.598. The zero-order chi connectivity index (χ0) is 15.6. The largest absolute Gasteiger partial charge is 0.399 e. The second-order valence-corrected chi connectivity index (χ2v) is 7.96. The summed E-state index contributed by atoms with van der Waals surface area (Å²) in [7, 11) is -3.81. The minimum atomic E-state index is -3.81. The van der Waals surface area contributed by atoms with E-state index in [1.807, 2.05) is 6.92 Å². The number of rotatable bonds is 5. The summed E-state index contributed by atoms with van der Waals surface area (Å²) < 4.78 is 23.3. The predicted molar refractivity (Wildman–Crippen MR) is 88.1 cm³/mol. The molecule has 0 aliphatic rings. The van der Waals surface area contributed by atoms with Crippen molar-refractivity contribution in [1.29, 1.82) is 0 Å². The first-order valence-electron chi connectivity index (χ1n) is 6.50. The molecule has 1 atom stereocenters. The highest BCUT2D eigenvalue weighted by Crippen LogP contribution is 2.25. The van der Waals surface area contributed by atoms with Gasteiger partial charge in [0.15, 0.2) is 0 Å². The molecule has 0 aliphatic carbocycles. The maximum atomic E-state index is 11.6. The molecule has 7 heteroatoms. The van der Waals surface area contributed by atoms with E-state index in [4.69, 9.17) is 10.9 Å². The number of anilines is 2. The van der Waals surface area contributed by atoms with Crippen molar-refractivity contribution in [2.75, 3.05) is 11.1 Å². The second-order valence-electron chi connectivity index (χ2n) is 5.06. The highest BCUT2D eigenvalue weighted by atomic mass is 32.2. The summed E-state index contributed by atoms with van der Waals surface area (Å²) in [5, 5.41) is 8.43. The lowest BCUT2D eigenvalue weighted by Crippen LogP contribution is -2.21. The van der Waals surface area contributed by atoms with Crippen LogP contribution >= 0.6 is 11.3 Å². The van der Waals surface area contributed by atoms with E-state index < -0.39 is 10.0 Å². The zero-order valence-corrected chi connectivity index (χ0v) is 13.6. The average Bonchev–Trinajstić information content (AvgIpc) is 2.75. The Morgan fingerprint density at radius 2 is 2.00 bits per heavy atom. The van der Waals surface area contributed by atoms with Crippen LogP contribution in [0.1, 0.15) is 16.7 Å². The Kier molecular flexibility index (Phi) is 4.55. The molecule has 0 bridgehead atoms. The van der Waals surface area contributed by atoms with E-state index in [2.05, 4.69) is 24.4 Å². The molecule has 0 radical (unpaired) electrons. The number of nitrogen functional groups attached to an aromatic ring is 1. The molecule has 2 rings (SSSR count). The van der Waals surface area contributed by atoms with E-state index in [1.165, 1.54) is 15.8 Å². The highest BCUT2D eigenvalue weighted by molar-refractivity contribution is 7.89. The van der Waals surface area contributed by atoms with Gasteiger partial charge >= 0.3 is 0 Å². The monoisotopic (exact) mass is 325 g/mol. The van der Waals surface area contributed by atoms with Gasteiger partial charge in [-0.05, 0) is 44.2 Å². The van der Waals surface area contributed by atoms with Crippen LogP contribution in [0.25, 0.3) is 0 Å². The number of primary sulfonamides is 1. The molecule has 1 aromatic carbocycles. The van der Waals surface area contributed by atoms with Gasteiger partial charge in [-0.3, -0.25) is 0 Å². The molecule has 5 nitrogen and oxygen atoms in total. The Hall–Kier alpha value is -1.57. The molecule has 5 N–H and O–H groups in total. The lowest BCUT2D eigenvalue weighted by Gasteiger charge is -2.17. The summed E-state index contributed by atoms with van der Waals surface area (Å²) >= 11 is 1.74. The molecular formula is C14H19N3O2S2. The van der Waals surface area contributed by atoms with Crippen LogP contribution < -0.4 is 16.2 Å². The van der Waals surface area contributed by atoms with Gasteiger partial charge in [0.1, 0.15) is 4.90 Å². The van der Waals surface area contributed by atoms with Crippen LogP contribution in [0.3, 0.4) is 0 Å². The zero-order valence-electron chi connectivity index (χ0n) is 12.0. The van der Waals surface area contributed by atoms with Crippen LogP contribution in [0, 0.1) is 6.92 Å². The molecule has 0 saturated heterocycles. The number of aryl methyl sites for hydroxylation is 1. The Morgan fingerprint density at radius 3 is 2.57 bits per heavy atom. The molecule has 0 aliphatic heterocycles. The first-order valence-corrected chi connectivity index (χ1v) is 8.86. The predicted octanol–water partition coefficient (Wildman–Crippen LogP) is 2.33. The third-order valence-electron chi connectivity index (χ3n) is 3.02. The SMILES string of the molecule is Cc1ccc(CC(C)Nc2ccc(N)cc2S(N)(=O)=O)s1. The topological polar surface area (TPSA) is 98.2 Å². The summed E-state index contributed by atoms with van der Waals surface area (Å²) in [6, 6.07) is 8.91. The number of sulfonamides is 1. The Balaban J connectivity index is 2.19. The summed E-state index contributed by atoms with van der Waals surface area (Å²) in [5.41, 5.74) is 6.48. The summed E-state index contributed by atoms with van der Waals surface area (Å²) in [4.78, 5) is 2.53. The van der Waals surface area contributed by atoms with Crippen molar-refractivity contribution in [3.05, 3.63) is 40.1 Å². The van der Waals surface area contributed by atoms with Gasteiger partial charge < -0.3 is 11.1 Å². The number of hydrogen-bond donors (Lipinski definition) is 3. The quantitative estimate of drug-likeness (QED) is 0.735.